The molecule has 1 nitrogen and oxygen atoms in total. The maximum Gasteiger partial charge on any atom is 0.123 e. The molecule has 0 aliphatic rings. The molecule has 3 heteroatoms. The van der Waals surface area contributed by atoms with Gasteiger partial charge in [-0.1, -0.05) is 6.92 Å². The van der Waals surface area contributed by atoms with E-state index in [-0.39, 0.29) is 5.82 Å². The van der Waals surface area contributed by atoms with Crippen molar-refractivity contribution in [1.82, 2.24) is 0 Å². The van der Waals surface area contributed by atoms with Crippen molar-refractivity contribution in [2.24, 2.45) is 0 Å². The molecule has 0 spiro atoms. The molecule has 14 heavy (non-hydrogen) atoms. The summed E-state index contributed by atoms with van der Waals surface area (Å²) in [5, 5.41) is 0. The van der Waals surface area contributed by atoms with Crippen LogP contribution in [0, 0.1) is 5.82 Å². The fraction of sp³-hybridized carbons (Fsp3) is 0.455. The number of rotatable bonds is 6. The Bertz CT molecular complexity index is 248. The van der Waals surface area contributed by atoms with Crippen LogP contribution in [-0.4, -0.2) is 18.1 Å². The van der Waals surface area contributed by atoms with E-state index in [4.69, 9.17) is 4.74 Å². The normalized spacial score (nSPS) is 10.1. The zero-order chi connectivity index (χ0) is 10.2. The summed E-state index contributed by atoms with van der Waals surface area (Å²) >= 11 is 1.91. The van der Waals surface area contributed by atoms with Crippen molar-refractivity contribution in [1.29, 1.82) is 0 Å². The first-order chi connectivity index (χ1) is 6.83. The molecule has 1 aromatic rings. The molecule has 0 saturated carbocycles. The molecule has 0 aromatic heterocycles. The second-order valence-corrected chi connectivity index (χ2v) is 4.25. The maximum atomic E-state index is 12.5. The maximum absolute atomic E-state index is 12.5. The number of thioether (sulfide) groups is 1. The van der Waals surface area contributed by atoms with Crippen LogP contribution in [0.2, 0.25) is 0 Å². The van der Waals surface area contributed by atoms with E-state index >= 15 is 0 Å². The first-order valence-electron chi connectivity index (χ1n) is 4.79. The van der Waals surface area contributed by atoms with Gasteiger partial charge in [0.1, 0.15) is 11.6 Å². The largest absolute Gasteiger partial charge is 0.494 e. The smallest absolute Gasteiger partial charge is 0.123 e. The van der Waals surface area contributed by atoms with Crippen molar-refractivity contribution in [3.05, 3.63) is 30.1 Å². The molecule has 0 amide bonds. The highest BCUT2D eigenvalue weighted by molar-refractivity contribution is 7.99. The second kappa shape index (κ2) is 6.71. The molecule has 0 N–H and O–H groups in total. The van der Waals surface area contributed by atoms with Gasteiger partial charge in [0.05, 0.1) is 6.61 Å². The topological polar surface area (TPSA) is 9.23 Å². The third-order valence-corrected chi connectivity index (χ3v) is 2.71. The Hall–Kier alpha value is -0.700. The summed E-state index contributed by atoms with van der Waals surface area (Å²) in [7, 11) is 0. The molecule has 0 radical (unpaired) electrons. The Labute approximate surface area is 88.7 Å². The second-order valence-electron chi connectivity index (χ2n) is 2.85. The average molecular weight is 214 g/mol. The number of halogens is 1. The lowest BCUT2D eigenvalue weighted by molar-refractivity contribution is 0.318. The SMILES string of the molecule is CCSCCCOc1ccc(F)cc1. The molecule has 1 aromatic carbocycles. The Balaban J connectivity index is 2.15. The van der Waals surface area contributed by atoms with Gasteiger partial charge < -0.3 is 4.74 Å². The van der Waals surface area contributed by atoms with Crippen LogP contribution in [0.15, 0.2) is 24.3 Å². The van der Waals surface area contributed by atoms with Crippen LogP contribution in [0.25, 0.3) is 0 Å². The minimum absolute atomic E-state index is 0.223. The van der Waals surface area contributed by atoms with Gasteiger partial charge in [-0.05, 0) is 42.2 Å². The van der Waals surface area contributed by atoms with E-state index in [1.54, 1.807) is 12.1 Å². The lowest BCUT2D eigenvalue weighted by atomic mass is 10.3. The third kappa shape index (κ3) is 4.51. The Morgan fingerprint density at radius 3 is 2.64 bits per heavy atom. The molecule has 0 fully saturated rings. The molecule has 0 unspecified atom stereocenters. The first-order valence-corrected chi connectivity index (χ1v) is 5.94. The predicted octanol–water partition coefficient (Wildman–Crippen LogP) is 3.35. The van der Waals surface area contributed by atoms with Gasteiger partial charge >= 0.3 is 0 Å². The highest BCUT2D eigenvalue weighted by Gasteiger charge is 1.94. The fourth-order valence-electron chi connectivity index (χ4n) is 1.03. The van der Waals surface area contributed by atoms with Crippen LogP contribution in [0.4, 0.5) is 4.39 Å². The molecular formula is C11H15FOS. The summed E-state index contributed by atoms with van der Waals surface area (Å²) < 4.78 is 17.9. The zero-order valence-corrected chi connectivity index (χ0v) is 9.15. The van der Waals surface area contributed by atoms with Gasteiger partial charge in [0.25, 0.3) is 0 Å². The van der Waals surface area contributed by atoms with Crippen molar-refractivity contribution < 1.29 is 9.13 Å². The van der Waals surface area contributed by atoms with Gasteiger partial charge in [0.2, 0.25) is 0 Å². The third-order valence-electron chi connectivity index (χ3n) is 1.72. The molecule has 1 rings (SSSR count). The van der Waals surface area contributed by atoms with Crippen LogP contribution in [0.1, 0.15) is 13.3 Å². The van der Waals surface area contributed by atoms with Crippen molar-refractivity contribution in [3.63, 3.8) is 0 Å². The van der Waals surface area contributed by atoms with Crippen molar-refractivity contribution >= 4 is 11.8 Å². The van der Waals surface area contributed by atoms with E-state index in [0.717, 1.165) is 23.7 Å². The number of ether oxygens (including phenoxy) is 1. The Kier molecular flexibility index (Phi) is 5.45. The summed E-state index contributed by atoms with van der Waals surface area (Å²) in [5.74, 6) is 2.79. The van der Waals surface area contributed by atoms with Crippen LogP contribution in [-0.2, 0) is 0 Å². The van der Waals surface area contributed by atoms with E-state index in [1.807, 2.05) is 11.8 Å². The summed E-state index contributed by atoms with van der Waals surface area (Å²) in [6, 6.07) is 6.14. The van der Waals surface area contributed by atoms with E-state index in [9.17, 15) is 4.39 Å². The molecule has 0 atom stereocenters. The number of hydrogen-bond acceptors (Lipinski definition) is 2. The molecule has 78 valence electrons. The van der Waals surface area contributed by atoms with E-state index in [1.165, 1.54) is 12.1 Å². The summed E-state index contributed by atoms with van der Waals surface area (Å²) in [6.45, 7) is 2.85. The highest BCUT2D eigenvalue weighted by Crippen LogP contribution is 2.11. The standard InChI is InChI=1S/C11H15FOS/c1-2-14-9-3-8-13-11-6-4-10(12)5-7-11/h4-7H,2-3,8-9H2,1H3. The van der Waals surface area contributed by atoms with Crippen LogP contribution >= 0.6 is 11.8 Å². The van der Waals surface area contributed by atoms with Crippen LogP contribution in [0.5, 0.6) is 5.75 Å². The van der Waals surface area contributed by atoms with Gasteiger partial charge in [-0.15, -0.1) is 0 Å². The summed E-state index contributed by atoms with van der Waals surface area (Å²) in [6.07, 6.45) is 1.04. The van der Waals surface area contributed by atoms with Crippen molar-refractivity contribution in [2.45, 2.75) is 13.3 Å². The zero-order valence-electron chi connectivity index (χ0n) is 8.33. The van der Waals surface area contributed by atoms with Crippen molar-refractivity contribution in [2.75, 3.05) is 18.1 Å². The Morgan fingerprint density at radius 2 is 2.00 bits per heavy atom. The Morgan fingerprint density at radius 1 is 1.29 bits per heavy atom. The van der Waals surface area contributed by atoms with Gasteiger partial charge in [-0.2, -0.15) is 11.8 Å². The van der Waals surface area contributed by atoms with Gasteiger partial charge in [0.15, 0.2) is 0 Å². The van der Waals surface area contributed by atoms with Crippen LogP contribution in [0.3, 0.4) is 0 Å². The minimum Gasteiger partial charge on any atom is -0.494 e. The molecule has 0 saturated heterocycles. The predicted molar refractivity (Wildman–Crippen MR) is 59.5 cm³/mol. The van der Waals surface area contributed by atoms with Gasteiger partial charge in [0, 0.05) is 0 Å². The monoisotopic (exact) mass is 214 g/mol. The fourth-order valence-corrected chi connectivity index (χ4v) is 1.64. The average Bonchev–Trinajstić information content (AvgIpc) is 2.21. The van der Waals surface area contributed by atoms with E-state index in [2.05, 4.69) is 6.92 Å². The molecule has 0 bridgehead atoms. The first kappa shape index (κ1) is 11.4. The lowest BCUT2D eigenvalue weighted by Gasteiger charge is -2.04. The number of benzene rings is 1. The molecule has 0 aliphatic carbocycles. The van der Waals surface area contributed by atoms with Crippen molar-refractivity contribution in [3.8, 4) is 5.75 Å². The van der Waals surface area contributed by atoms with Crippen LogP contribution < -0.4 is 4.74 Å². The van der Waals surface area contributed by atoms with Gasteiger partial charge in [-0.25, -0.2) is 4.39 Å². The summed E-state index contributed by atoms with van der Waals surface area (Å²) in [5.41, 5.74) is 0. The lowest BCUT2D eigenvalue weighted by Crippen LogP contribution is -1.98. The molecule has 0 aliphatic heterocycles. The number of hydrogen-bond donors (Lipinski definition) is 0. The molecular weight excluding hydrogens is 199 g/mol. The quantitative estimate of drug-likeness (QED) is 0.672. The summed E-state index contributed by atoms with van der Waals surface area (Å²) in [4.78, 5) is 0. The minimum atomic E-state index is -0.223. The van der Waals surface area contributed by atoms with E-state index < -0.39 is 0 Å². The highest BCUT2D eigenvalue weighted by atomic mass is 32.2. The van der Waals surface area contributed by atoms with E-state index in [0.29, 0.717) is 6.61 Å². The molecule has 0 heterocycles. The van der Waals surface area contributed by atoms with Gasteiger partial charge in [-0.3, -0.25) is 0 Å².